The molecule has 2 saturated heterocycles. The van der Waals surface area contributed by atoms with Gasteiger partial charge in [0.1, 0.15) is 0 Å². The van der Waals surface area contributed by atoms with Crippen molar-refractivity contribution in [3.05, 3.63) is 0 Å². The second-order valence-corrected chi connectivity index (χ2v) is 4.86. The van der Waals surface area contributed by atoms with Crippen LogP contribution in [0.15, 0.2) is 0 Å². The van der Waals surface area contributed by atoms with Crippen LogP contribution in [-0.4, -0.2) is 59.6 Å². The molecule has 4 nitrogen and oxygen atoms in total. The Kier molecular flexibility index (Phi) is 4.18. The lowest BCUT2D eigenvalue weighted by atomic mass is 10.2. The molecule has 2 fully saturated rings. The lowest BCUT2D eigenvalue weighted by Crippen LogP contribution is -2.39. The fraction of sp³-hybridized carbons (Fsp3) is 0.917. The summed E-state index contributed by atoms with van der Waals surface area (Å²) in [5, 5.41) is 9.16. The second kappa shape index (κ2) is 5.64. The highest BCUT2D eigenvalue weighted by Crippen LogP contribution is 2.18. The van der Waals surface area contributed by atoms with Crippen LogP contribution in [0.2, 0.25) is 0 Å². The number of hydrogen-bond acceptors (Lipinski definition) is 3. The maximum Gasteiger partial charge on any atom is 0.224 e. The summed E-state index contributed by atoms with van der Waals surface area (Å²) in [6, 6.07) is 0.0890. The SMILES string of the molecule is O=C(CCN1CCCC1)N1CCC[C@H]1CO. The minimum absolute atomic E-state index is 0.0890. The summed E-state index contributed by atoms with van der Waals surface area (Å²) < 4.78 is 0. The Balaban J connectivity index is 1.74. The Bertz CT molecular complexity index is 239. The van der Waals surface area contributed by atoms with Gasteiger partial charge < -0.3 is 14.9 Å². The van der Waals surface area contributed by atoms with Crippen molar-refractivity contribution in [2.45, 2.75) is 38.1 Å². The van der Waals surface area contributed by atoms with Crippen LogP contribution in [0.5, 0.6) is 0 Å². The van der Waals surface area contributed by atoms with Gasteiger partial charge >= 0.3 is 0 Å². The van der Waals surface area contributed by atoms with Crippen LogP contribution in [0.4, 0.5) is 0 Å². The van der Waals surface area contributed by atoms with Crippen molar-refractivity contribution < 1.29 is 9.90 Å². The fourth-order valence-corrected chi connectivity index (χ4v) is 2.76. The number of nitrogens with zero attached hydrogens (tertiary/aromatic N) is 2. The summed E-state index contributed by atoms with van der Waals surface area (Å²) in [6.45, 7) is 4.15. The molecule has 0 aromatic rings. The van der Waals surface area contributed by atoms with Crippen LogP contribution >= 0.6 is 0 Å². The zero-order chi connectivity index (χ0) is 11.4. The molecule has 4 heteroatoms. The Hall–Kier alpha value is -0.610. The van der Waals surface area contributed by atoms with Gasteiger partial charge in [-0.2, -0.15) is 0 Å². The molecule has 0 aromatic heterocycles. The third-order valence-electron chi connectivity index (χ3n) is 3.75. The molecule has 1 atom stereocenters. The molecule has 1 N–H and O–H groups in total. The molecule has 0 saturated carbocycles. The number of amides is 1. The predicted molar refractivity (Wildman–Crippen MR) is 62.1 cm³/mol. The van der Waals surface area contributed by atoms with E-state index >= 15 is 0 Å². The van der Waals surface area contributed by atoms with Gasteiger partial charge in [-0.1, -0.05) is 0 Å². The molecule has 1 amide bonds. The molecule has 2 aliphatic heterocycles. The molecule has 2 heterocycles. The van der Waals surface area contributed by atoms with E-state index in [2.05, 4.69) is 4.90 Å². The Morgan fingerprint density at radius 3 is 2.62 bits per heavy atom. The monoisotopic (exact) mass is 226 g/mol. The van der Waals surface area contributed by atoms with Gasteiger partial charge in [0.25, 0.3) is 0 Å². The zero-order valence-electron chi connectivity index (χ0n) is 9.90. The topological polar surface area (TPSA) is 43.8 Å². The maximum absolute atomic E-state index is 12.0. The molecule has 2 aliphatic rings. The summed E-state index contributed by atoms with van der Waals surface area (Å²) in [5.74, 6) is 0.225. The molecule has 0 aromatic carbocycles. The predicted octanol–water partition coefficient (Wildman–Crippen LogP) is 0.456. The average Bonchev–Trinajstić information content (AvgIpc) is 2.96. The van der Waals surface area contributed by atoms with Crippen LogP contribution in [0, 0.1) is 0 Å². The van der Waals surface area contributed by atoms with E-state index in [1.165, 1.54) is 12.8 Å². The molecule has 0 unspecified atom stereocenters. The van der Waals surface area contributed by atoms with Gasteiger partial charge in [0.2, 0.25) is 5.91 Å². The van der Waals surface area contributed by atoms with E-state index in [9.17, 15) is 4.79 Å². The summed E-state index contributed by atoms with van der Waals surface area (Å²) in [4.78, 5) is 16.2. The summed E-state index contributed by atoms with van der Waals surface area (Å²) in [5.41, 5.74) is 0. The number of aliphatic hydroxyl groups is 1. The van der Waals surface area contributed by atoms with Gasteiger partial charge in [0.05, 0.1) is 12.6 Å². The third-order valence-corrected chi connectivity index (χ3v) is 3.75. The first kappa shape index (κ1) is 11.9. The zero-order valence-corrected chi connectivity index (χ0v) is 9.90. The lowest BCUT2D eigenvalue weighted by molar-refractivity contribution is -0.133. The van der Waals surface area contributed by atoms with Gasteiger partial charge in [-0.3, -0.25) is 4.79 Å². The van der Waals surface area contributed by atoms with Crippen molar-refractivity contribution in [1.82, 2.24) is 9.80 Å². The van der Waals surface area contributed by atoms with Crippen LogP contribution in [0.25, 0.3) is 0 Å². The van der Waals surface area contributed by atoms with E-state index in [0.29, 0.717) is 6.42 Å². The van der Waals surface area contributed by atoms with Crippen molar-refractivity contribution in [3.8, 4) is 0 Å². The number of hydrogen-bond donors (Lipinski definition) is 1. The quantitative estimate of drug-likeness (QED) is 0.757. The van der Waals surface area contributed by atoms with Crippen LogP contribution in [0.3, 0.4) is 0 Å². The Labute approximate surface area is 97.2 Å². The van der Waals surface area contributed by atoms with E-state index in [4.69, 9.17) is 5.11 Å². The van der Waals surface area contributed by atoms with Gasteiger partial charge in [-0.05, 0) is 38.8 Å². The van der Waals surface area contributed by atoms with E-state index in [0.717, 1.165) is 39.0 Å². The molecular formula is C12H22N2O2. The number of carbonyl (C=O) groups is 1. The van der Waals surface area contributed by atoms with E-state index in [1.54, 1.807) is 0 Å². The van der Waals surface area contributed by atoms with Crippen molar-refractivity contribution in [2.24, 2.45) is 0 Å². The smallest absolute Gasteiger partial charge is 0.224 e. The summed E-state index contributed by atoms with van der Waals surface area (Å²) >= 11 is 0. The minimum atomic E-state index is 0.0890. The van der Waals surface area contributed by atoms with Crippen molar-refractivity contribution in [3.63, 3.8) is 0 Å². The summed E-state index contributed by atoms with van der Waals surface area (Å²) in [6.07, 6.45) is 5.18. The van der Waals surface area contributed by atoms with Gasteiger partial charge in [-0.25, -0.2) is 0 Å². The van der Waals surface area contributed by atoms with Crippen molar-refractivity contribution in [2.75, 3.05) is 32.8 Å². The number of carbonyl (C=O) groups excluding carboxylic acids is 1. The molecule has 2 rings (SSSR count). The second-order valence-electron chi connectivity index (χ2n) is 4.86. The van der Waals surface area contributed by atoms with E-state index < -0.39 is 0 Å². The largest absolute Gasteiger partial charge is 0.394 e. The molecule has 0 bridgehead atoms. The van der Waals surface area contributed by atoms with Crippen LogP contribution < -0.4 is 0 Å². The first-order chi connectivity index (χ1) is 7.81. The van der Waals surface area contributed by atoms with E-state index in [-0.39, 0.29) is 18.6 Å². The Morgan fingerprint density at radius 2 is 1.94 bits per heavy atom. The van der Waals surface area contributed by atoms with Gasteiger partial charge in [0, 0.05) is 19.5 Å². The molecule has 0 aliphatic carbocycles. The maximum atomic E-state index is 12.0. The van der Waals surface area contributed by atoms with E-state index in [1.807, 2.05) is 4.90 Å². The number of aliphatic hydroxyl groups excluding tert-OH is 1. The summed E-state index contributed by atoms with van der Waals surface area (Å²) in [7, 11) is 0. The molecule has 92 valence electrons. The first-order valence-electron chi connectivity index (χ1n) is 6.44. The lowest BCUT2D eigenvalue weighted by Gasteiger charge is -2.24. The molecule has 16 heavy (non-hydrogen) atoms. The fourth-order valence-electron chi connectivity index (χ4n) is 2.76. The third kappa shape index (κ3) is 2.74. The average molecular weight is 226 g/mol. The van der Waals surface area contributed by atoms with Crippen molar-refractivity contribution in [1.29, 1.82) is 0 Å². The normalized spacial score (nSPS) is 26.6. The van der Waals surface area contributed by atoms with Gasteiger partial charge in [-0.15, -0.1) is 0 Å². The highest BCUT2D eigenvalue weighted by molar-refractivity contribution is 5.77. The highest BCUT2D eigenvalue weighted by atomic mass is 16.3. The van der Waals surface area contributed by atoms with Gasteiger partial charge in [0.15, 0.2) is 0 Å². The highest BCUT2D eigenvalue weighted by Gasteiger charge is 2.27. The number of likely N-dealkylation sites (tertiary alicyclic amines) is 2. The van der Waals surface area contributed by atoms with Crippen LogP contribution in [0.1, 0.15) is 32.1 Å². The standard InChI is InChI=1S/C12H22N2O2/c15-10-11-4-3-8-14(11)12(16)5-9-13-6-1-2-7-13/h11,15H,1-10H2/t11-/m0/s1. The first-order valence-corrected chi connectivity index (χ1v) is 6.44. The number of rotatable bonds is 4. The molecule has 0 radical (unpaired) electrons. The molecular weight excluding hydrogens is 204 g/mol. The molecule has 0 spiro atoms. The van der Waals surface area contributed by atoms with Crippen molar-refractivity contribution >= 4 is 5.91 Å². The minimum Gasteiger partial charge on any atom is -0.394 e. The Morgan fingerprint density at radius 1 is 1.19 bits per heavy atom. The van der Waals surface area contributed by atoms with Crippen LogP contribution in [-0.2, 0) is 4.79 Å².